The molecular formula is C22H18N4OS2. The van der Waals surface area contributed by atoms with Gasteiger partial charge in [0, 0.05) is 17.5 Å². The lowest BCUT2D eigenvalue weighted by Gasteiger charge is -2.00. The van der Waals surface area contributed by atoms with E-state index >= 15 is 0 Å². The third-order valence-electron chi connectivity index (χ3n) is 4.88. The Hall–Kier alpha value is -3.03. The maximum Gasteiger partial charge on any atom is 0.269 e. The minimum Gasteiger partial charge on any atom is -0.297 e. The molecule has 5 aromatic rings. The Morgan fingerprint density at radius 2 is 1.83 bits per heavy atom. The Kier molecular flexibility index (Phi) is 4.22. The Labute approximate surface area is 175 Å². The number of amides is 1. The van der Waals surface area contributed by atoms with E-state index in [1.54, 1.807) is 0 Å². The summed E-state index contributed by atoms with van der Waals surface area (Å²) in [6.45, 7) is 6.06. The lowest BCUT2D eigenvalue weighted by molar-refractivity contribution is 0.102. The van der Waals surface area contributed by atoms with Crippen LogP contribution in [0.5, 0.6) is 0 Å². The van der Waals surface area contributed by atoms with Gasteiger partial charge in [0.2, 0.25) is 0 Å². The second-order valence-electron chi connectivity index (χ2n) is 7.06. The molecular weight excluding hydrogens is 400 g/mol. The first-order chi connectivity index (χ1) is 14.0. The van der Waals surface area contributed by atoms with Crippen molar-refractivity contribution in [2.45, 2.75) is 20.8 Å². The Bertz CT molecular complexity index is 1380. The van der Waals surface area contributed by atoms with Crippen molar-refractivity contribution in [2.24, 2.45) is 0 Å². The number of fused-ring (bicyclic) bond motifs is 2. The summed E-state index contributed by atoms with van der Waals surface area (Å²) in [7, 11) is 0. The van der Waals surface area contributed by atoms with Gasteiger partial charge in [0.15, 0.2) is 10.1 Å². The number of hydrogen-bond donors (Lipinski definition) is 1. The van der Waals surface area contributed by atoms with E-state index in [-0.39, 0.29) is 5.91 Å². The molecule has 0 bridgehead atoms. The summed E-state index contributed by atoms with van der Waals surface area (Å²) in [5.41, 5.74) is 6.11. The van der Waals surface area contributed by atoms with Gasteiger partial charge in [0.1, 0.15) is 4.88 Å². The van der Waals surface area contributed by atoms with E-state index in [0.29, 0.717) is 10.0 Å². The number of nitrogens with zero attached hydrogens (tertiary/aromatic N) is 3. The van der Waals surface area contributed by atoms with Crippen LogP contribution in [-0.2, 0) is 0 Å². The summed E-state index contributed by atoms with van der Waals surface area (Å²) in [5.74, 6) is -0.146. The molecule has 0 unspecified atom stereocenters. The van der Waals surface area contributed by atoms with Crippen molar-refractivity contribution in [2.75, 3.05) is 5.32 Å². The molecule has 5 rings (SSSR count). The fourth-order valence-corrected chi connectivity index (χ4v) is 5.53. The van der Waals surface area contributed by atoms with Gasteiger partial charge in [0.25, 0.3) is 5.91 Å². The normalized spacial score (nSPS) is 11.4. The summed E-state index contributed by atoms with van der Waals surface area (Å²) >= 11 is 2.90. The highest BCUT2D eigenvalue weighted by molar-refractivity contribution is 7.22. The van der Waals surface area contributed by atoms with Gasteiger partial charge in [-0.2, -0.15) is 0 Å². The van der Waals surface area contributed by atoms with Crippen molar-refractivity contribution in [3.63, 3.8) is 0 Å². The van der Waals surface area contributed by atoms with Crippen LogP contribution in [-0.4, -0.2) is 20.3 Å². The third-order valence-corrected chi connectivity index (χ3v) is 6.96. The molecule has 7 heteroatoms. The predicted octanol–water partition coefficient (Wildman–Crippen LogP) is 5.85. The van der Waals surface area contributed by atoms with E-state index in [1.165, 1.54) is 28.2 Å². The minimum atomic E-state index is -0.146. The summed E-state index contributed by atoms with van der Waals surface area (Å²) in [4.78, 5) is 23.7. The molecule has 0 radical (unpaired) electrons. The molecule has 0 fully saturated rings. The molecule has 3 aromatic heterocycles. The number of hydrogen-bond acceptors (Lipinski definition) is 5. The molecule has 0 aliphatic heterocycles. The smallest absolute Gasteiger partial charge is 0.269 e. The third kappa shape index (κ3) is 3.12. The highest BCUT2D eigenvalue weighted by Crippen LogP contribution is 2.31. The lowest BCUT2D eigenvalue weighted by atomic mass is 10.1. The highest BCUT2D eigenvalue weighted by Gasteiger charge is 2.19. The van der Waals surface area contributed by atoms with Crippen LogP contribution in [0, 0.1) is 20.8 Å². The fourth-order valence-electron chi connectivity index (χ4n) is 3.49. The average Bonchev–Trinajstić information content (AvgIpc) is 3.37. The van der Waals surface area contributed by atoms with Gasteiger partial charge in [-0.15, -0.1) is 0 Å². The van der Waals surface area contributed by atoms with Crippen LogP contribution in [0.3, 0.4) is 0 Å². The van der Waals surface area contributed by atoms with Gasteiger partial charge in [-0.25, -0.2) is 9.97 Å². The number of nitrogens with one attached hydrogen (secondary N) is 1. The predicted molar refractivity (Wildman–Crippen MR) is 120 cm³/mol. The van der Waals surface area contributed by atoms with Gasteiger partial charge in [-0.1, -0.05) is 59.1 Å². The maximum atomic E-state index is 12.9. The molecule has 1 amide bonds. The average molecular weight is 419 g/mol. The van der Waals surface area contributed by atoms with Crippen LogP contribution in [0.25, 0.3) is 26.4 Å². The summed E-state index contributed by atoms with van der Waals surface area (Å²) < 4.78 is 3.07. The number of rotatable bonds is 3. The zero-order valence-electron chi connectivity index (χ0n) is 16.2. The number of benzene rings is 2. The highest BCUT2D eigenvalue weighted by atomic mass is 32.1. The number of imidazole rings is 1. The molecule has 144 valence electrons. The lowest BCUT2D eigenvalue weighted by Crippen LogP contribution is -2.11. The first-order valence-corrected chi connectivity index (χ1v) is 10.9. The minimum absolute atomic E-state index is 0.146. The monoisotopic (exact) mass is 418 g/mol. The van der Waals surface area contributed by atoms with Crippen LogP contribution in [0.4, 0.5) is 5.13 Å². The second kappa shape index (κ2) is 6.79. The van der Waals surface area contributed by atoms with E-state index < -0.39 is 0 Å². The second-order valence-corrected chi connectivity index (χ2v) is 9.07. The summed E-state index contributed by atoms with van der Waals surface area (Å²) in [5, 5.41) is 3.59. The summed E-state index contributed by atoms with van der Waals surface area (Å²) in [6, 6.07) is 14.3. The zero-order valence-corrected chi connectivity index (χ0v) is 17.8. The number of aromatic nitrogens is 3. The maximum absolute atomic E-state index is 12.9. The largest absolute Gasteiger partial charge is 0.297 e. The van der Waals surface area contributed by atoms with E-state index in [9.17, 15) is 4.79 Å². The van der Waals surface area contributed by atoms with Crippen LogP contribution < -0.4 is 5.32 Å². The Morgan fingerprint density at radius 1 is 1.03 bits per heavy atom. The summed E-state index contributed by atoms with van der Waals surface area (Å²) in [6.07, 6.45) is 1.98. The number of carbonyl (C=O) groups excluding carboxylic acids is 1. The van der Waals surface area contributed by atoms with Crippen molar-refractivity contribution in [1.29, 1.82) is 0 Å². The molecule has 0 aliphatic carbocycles. The zero-order chi connectivity index (χ0) is 20.1. The number of anilines is 1. The standard InChI is InChI=1S/C22H18N4OS2/c1-12-9-13(2)18-17(10-12)28-21(24-18)25-20(27)19-14(3)26-11-16(23-22(26)29-19)15-7-5-4-6-8-15/h4-11H,1-3H3,(H,24,25,27). The van der Waals surface area contributed by atoms with Gasteiger partial charge < -0.3 is 0 Å². The van der Waals surface area contributed by atoms with E-state index in [1.807, 2.05) is 54.8 Å². The van der Waals surface area contributed by atoms with Crippen molar-refractivity contribution in [3.05, 3.63) is 70.4 Å². The molecule has 1 N–H and O–H groups in total. The molecule has 0 saturated heterocycles. The number of aryl methyl sites for hydroxylation is 3. The van der Waals surface area contributed by atoms with Gasteiger partial charge >= 0.3 is 0 Å². The van der Waals surface area contributed by atoms with Gasteiger partial charge in [0.05, 0.1) is 15.9 Å². The van der Waals surface area contributed by atoms with Crippen molar-refractivity contribution in [1.82, 2.24) is 14.4 Å². The van der Waals surface area contributed by atoms with Crippen LogP contribution >= 0.6 is 22.7 Å². The molecule has 0 atom stereocenters. The number of carbonyl (C=O) groups is 1. The first-order valence-electron chi connectivity index (χ1n) is 9.22. The first kappa shape index (κ1) is 18.0. The molecule has 3 heterocycles. The van der Waals surface area contributed by atoms with Gasteiger partial charge in [-0.3, -0.25) is 14.5 Å². The van der Waals surface area contributed by atoms with Crippen molar-refractivity contribution < 1.29 is 4.79 Å². The van der Waals surface area contributed by atoms with Crippen molar-refractivity contribution >= 4 is 48.9 Å². The SMILES string of the molecule is Cc1cc(C)c2nc(NC(=O)c3sc4nc(-c5ccccc5)cn4c3C)sc2c1. The van der Waals surface area contributed by atoms with E-state index in [2.05, 4.69) is 29.4 Å². The molecule has 5 nitrogen and oxygen atoms in total. The quantitative estimate of drug-likeness (QED) is 0.400. The van der Waals surface area contributed by atoms with Crippen LogP contribution in [0.15, 0.2) is 48.7 Å². The van der Waals surface area contributed by atoms with E-state index in [4.69, 9.17) is 4.98 Å². The molecule has 0 aliphatic rings. The molecule has 29 heavy (non-hydrogen) atoms. The topological polar surface area (TPSA) is 59.3 Å². The van der Waals surface area contributed by atoms with E-state index in [0.717, 1.165) is 37.7 Å². The molecule has 0 saturated carbocycles. The molecule has 0 spiro atoms. The Balaban J connectivity index is 1.46. The Morgan fingerprint density at radius 3 is 2.59 bits per heavy atom. The number of thiazole rings is 2. The fraction of sp³-hybridized carbons (Fsp3) is 0.136. The molecule has 2 aromatic carbocycles. The van der Waals surface area contributed by atoms with Crippen LogP contribution in [0.1, 0.15) is 26.5 Å². The van der Waals surface area contributed by atoms with Crippen molar-refractivity contribution in [3.8, 4) is 11.3 Å². The van der Waals surface area contributed by atoms with Gasteiger partial charge in [-0.05, 0) is 38.0 Å². The van der Waals surface area contributed by atoms with Crippen LogP contribution in [0.2, 0.25) is 0 Å².